The van der Waals surface area contributed by atoms with E-state index in [-0.39, 0.29) is 29.7 Å². The van der Waals surface area contributed by atoms with E-state index < -0.39 is 0 Å². The highest BCUT2D eigenvalue weighted by Gasteiger charge is 2.36. The van der Waals surface area contributed by atoms with Crippen LogP contribution in [0.3, 0.4) is 0 Å². The van der Waals surface area contributed by atoms with Gasteiger partial charge in [-0.3, -0.25) is 9.59 Å². The third-order valence-electron chi connectivity index (χ3n) is 5.13. The number of likely N-dealkylation sites (tertiary alicyclic amines) is 1. The molecule has 0 spiro atoms. The molecule has 1 aromatic carbocycles. The quantitative estimate of drug-likeness (QED) is 0.873. The first kappa shape index (κ1) is 17.0. The number of nitrogens with zero attached hydrogens (tertiary/aromatic N) is 1. The lowest BCUT2D eigenvalue weighted by Crippen LogP contribution is -2.47. The lowest BCUT2D eigenvalue weighted by Gasteiger charge is -2.32. The zero-order chi connectivity index (χ0) is 16.9. The van der Waals surface area contributed by atoms with E-state index in [1.54, 1.807) is 0 Å². The number of rotatable bonds is 6. The van der Waals surface area contributed by atoms with Crippen LogP contribution in [0, 0.1) is 11.8 Å². The molecule has 0 radical (unpaired) electrons. The number of hydrogen-bond donors (Lipinski definition) is 1. The van der Waals surface area contributed by atoms with Crippen LogP contribution >= 0.6 is 0 Å². The molecule has 1 aliphatic carbocycles. The van der Waals surface area contributed by atoms with Gasteiger partial charge in [-0.25, -0.2) is 0 Å². The number of piperidine rings is 1. The average Bonchev–Trinajstić information content (AvgIpc) is 3.45. The first-order chi connectivity index (χ1) is 11.6. The molecule has 4 nitrogen and oxygen atoms in total. The minimum atomic E-state index is -0.0411. The number of benzene rings is 1. The molecule has 1 N–H and O–H groups in total. The summed E-state index contributed by atoms with van der Waals surface area (Å²) in [6.07, 6.45) is 5.80. The third-order valence-corrected chi connectivity index (χ3v) is 5.13. The van der Waals surface area contributed by atoms with Crippen molar-refractivity contribution in [3.63, 3.8) is 0 Å². The molecule has 1 aromatic rings. The first-order valence-electron chi connectivity index (χ1n) is 9.26. The van der Waals surface area contributed by atoms with Crippen molar-refractivity contribution in [3.8, 4) is 0 Å². The van der Waals surface area contributed by atoms with Gasteiger partial charge in [0.15, 0.2) is 0 Å². The number of carbonyl (C=O) groups excluding carboxylic acids is 2. The van der Waals surface area contributed by atoms with E-state index in [0.717, 1.165) is 45.1 Å². The van der Waals surface area contributed by atoms with E-state index in [4.69, 9.17) is 0 Å². The van der Waals surface area contributed by atoms with Crippen molar-refractivity contribution >= 4 is 11.8 Å². The smallest absolute Gasteiger partial charge is 0.225 e. The van der Waals surface area contributed by atoms with Gasteiger partial charge in [0.2, 0.25) is 11.8 Å². The monoisotopic (exact) mass is 328 g/mol. The summed E-state index contributed by atoms with van der Waals surface area (Å²) >= 11 is 0. The van der Waals surface area contributed by atoms with Crippen molar-refractivity contribution in [2.75, 3.05) is 13.1 Å². The Morgan fingerprint density at radius 1 is 1.17 bits per heavy atom. The minimum absolute atomic E-state index is 0.0411. The highest BCUT2D eigenvalue weighted by molar-refractivity contribution is 5.83. The maximum Gasteiger partial charge on any atom is 0.225 e. The molecule has 3 rings (SSSR count). The molecule has 1 saturated heterocycles. The number of aryl methyl sites for hydroxylation is 1. The van der Waals surface area contributed by atoms with Gasteiger partial charge in [0, 0.05) is 25.0 Å². The van der Waals surface area contributed by atoms with Crippen LogP contribution in [0.1, 0.15) is 44.6 Å². The number of hydrogen-bond acceptors (Lipinski definition) is 2. The summed E-state index contributed by atoms with van der Waals surface area (Å²) in [5.41, 5.74) is 1.30. The first-order valence-corrected chi connectivity index (χ1v) is 9.26. The molecule has 1 heterocycles. The molecule has 1 saturated carbocycles. The van der Waals surface area contributed by atoms with Crippen molar-refractivity contribution in [3.05, 3.63) is 35.9 Å². The van der Waals surface area contributed by atoms with Crippen LogP contribution in [-0.4, -0.2) is 35.8 Å². The highest BCUT2D eigenvalue weighted by atomic mass is 16.2. The van der Waals surface area contributed by atoms with Crippen LogP contribution < -0.4 is 5.32 Å². The van der Waals surface area contributed by atoms with E-state index in [1.165, 1.54) is 5.56 Å². The Balaban J connectivity index is 1.44. The number of nitrogens with one attached hydrogen (secondary N) is 1. The Morgan fingerprint density at radius 3 is 2.62 bits per heavy atom. The second kappa shape index (κ2) is 7.82. The molecule has 0 unspecified atom stereocenters. The molecule has 2 atom stereocenters. The van der Waals surface area contributed by atoms with Gasteiger partial charge in [-0.1, -0.05) is 30.3 Å². The Kier molecular flexibility index (Phi) is 5.54. The van der Waals surface area contributed by atoms with Gasteiger partial charge < -0.3 is 10.2 Å². The maximum atomic E-state index is 12.5. The lowest BCUT2D eigenvalue weighted by molar-refractivity contribution is -0.137. The standard InChI is InChI=1S/C20H28N2O2/c1-15(9-10-16-6-3-2-4-7-16)21-19(23)18-8-5-13-22(14-18)20(24)17-11-12-17/h2-4,6-7,15,17-18H,5,8-14H2,1H3,(H,21,23)/t15-,18+/m1/s1. The predicted molar refractivity (Wildman–Crippen MR) is 94.4 cm³/mol. The van der Waals surface area contributed by atoms with Gasteiger partial charge in [-0.15, -0.1) is 0 Å². The number of amides is 2. The van der Waals surface area contributed by atoms with E-state index >= 15 is 0 Å². The molecular formula is C20H28N2O2. The Hall–Kier alpha value is -1.84. The molecule has 2 fully saturated rings. The largest absolute Gasteiger partial charge is 0.353 e. The van der Waals surface area contributed by atoms with Crippen molar-refractivity contribution in [1.82, 2.24) is 10.2 Å². The summed E-state index contributed by atoms with van der Waals surface area (Å²) in [5.74, 6) is 0.589. The fourth-order valence-electron chi connectivity index (χ4n) is 3.44. The Morgan fingerprint density at radius 2 is 1.92 bits per heavy atom. The topological polar surface area (TPSA) is 49.4 Å². The summed E-state index contributed by atoms with van der Waals surface area (Å²) < 4.78 is 0. The van der Waals surface area contributed by atoms with E-state index in [1.807, 2.05) is 23.1 Å². The summed E-state index contributed by atoms with van der Waals surface area (Å²) in [6.45, 7) is 3.49. The molecule has 24 heavy (non-hydrogen) atoms. The van der Waals surface area contributed by atoms with Crippen LogP contribution in [0.5, 0.6) is 0 Å². The zero-order valence-corrected chi connectivity index (χ0v) is 14.5. The van der Waals surface area contributed by atoms with E-state index in [9.17, 15) is 9.59 Å². The molecule has 2 aliphatic rings. The van der Waals surface area contributed by atoms with Gasteiger partial charge in [0.1, 0.15) is 0 Å². The van der Waals surface area contributed by atoms with Crippen molar-refractivity contribution < 1.29 is 9.59 Å². The molecule has 0 aromatic heterocycles. The fraction of sp³-hybridized carbons (Fsp3) is 0.600. The average molecular weight is 328 g/mol. The van der Waals surface area contributed by atoms with Gasteiger partial charge in [0.25, 0.3) is 0 Å². The molecule has 0 bridgehead atoms. The summed E-state index contributed by atoms with van der Waals surface area (Å²) in [4.78, 5) is 26.6. The summed E-state index contributed by atoms with van der Waals surface area (Å²) in [7, 11) is 0. The van der Waals surface area contributed by atoms with Gasteiger partial charge in [-0.2, -0.15) is 0 Å². The molecule has 1 aliphatic heterocycles. The van der Waals surface area contributed by atoms with Gasteiger partial charge in [0.05, 0.1) is 5.92 Å². The molecule has 130 valence electrons. The summed E-state index contributed by atoms with van der Waals surface area (Å²) in [6, 6.07) is 10.5. The fourth-order valence-corrected chi connectivity index (χ4v) is 3.44. The lowest BCUT2D eigenvalue weighted by atomic mass is 9.96. The second-order valence-corrected chi connectivity index (χ2v) is 7.33. The molecule has 4 heteroatoms. The number of carbonyl (C=O) groups is 2. The Labute approximate surface area is 144 Å². The van der Waals surface area contributed by atoms with E-state index in [0.29, 0.717) is 6.54 Å². The summed E-state index contributed by atoms with van der Waals surface area (Å²) in [5, 5.41) is 3.15. The van der Waals surface area contributed by atoms with Crippen molar-refractivity contribution in [2.24, 2.45) is 11.8 Å². The maximum absolute atomic E-state index is 12.5. The SMILES string of the molecule is C[C@H](CCc1ccccc1)NC(=O)[C@H]1CCCN(C(=O)C2CC2)C1. The van der Waals surface area contributed by atoms with Crippen LogP contribution in [-0.2, 0) is 16.0 Å². The van der Waals surface area contributed by atoms with Crippen LogP contribution in [0.4, 0.5) is 0 Å². The van der Waals surface area contributed by atoms with Crippen LogP contribution in [0.25, 0.3) is 0 Å². The van der Waals surface area contributed by atoms with Gasteiger partial charge >= 0.3 is 0 Å². The predicted octanol–water partition coefficient (Wildman–Crippen LogP) is 2.77. The highest BCUT2D eigenvalue weighted by Crippen LogP contribution is 2.32. The van der Waals surface area contributed by atoms with Crippen molar-refractivity contribution in [1.29, 1.82) is 0 Å². The third kappa shape index (κ3) is 4.59. The molecular weight excluding hydrogens is 300 g/mol. The van der Waals surface area contributed by atoms with Gasteiger partial charge in [-0.05, 0) is 51.0 Å². The van der Waals surface area contributed by atoms with Crippen LogP contribution in [0.15, 0.2) is 30.3 Å². The van der Waals surface area contributed by atoms with Crippen molar-refractivity contribution in [2.45, 2.75) is 51.5 Å². The normalized spacial score (nSPS) is 22.0. The minimum Gasteiger partial charge on any atom is -0.353 e. The second-order valence-electron chi connectivity index (χ2n) is 7.33. The molecule has 2 amide bonds. The van der Waals surface area contributed by atoms with E-state index in [2.05, 4.69) is 24.4 Å². The van der Waals surface area contributed by atoms with Crippen LogP contribution in [0.2, 0.25) is 0 Å². The Bertz CT molecular complexity index is 568. The zero-order valence-electron chi connectivity index (χ0n) is 14.5.